The maximum Gasteiger partial charge on any atom is 0.250 e. The number of rotatable bonds is 5. The Bertz CT molecular complexity index is 1350. The van der Waals surface area contributed by atoms with Crippen LogP contribution in [0.1, 0.15) is 11.1 Å². The van der Waals surface area contributed by atoms with Gasteiger partial charge in [0.15, 0.2) is 5.11 Å². The van der Waals surface area contributed by atoms with Gasteiger partial charge in [-0.2, -0.15) is 4.80 Å². The molecule has 4 rings (SSSR count). The van der Waals surface area contributed by atoms with Gasteiger partial charge in [0.2, 0.25) is 5.91 Å². The SMILES string of the molecule is COc1ccc(/C=C/C(=O)NC(=S)Nc2cc3nn(-c4ccc(F)cc4)nc3cc2C)cc1. The monoisotopic (exact) mass is 461 g/mol. The molecule has 1 aromatic heterocycles. The van der Waals surface area contributed by atoms with Gasteiger partial charge in [-0.15, -0.1) is 10.2 Å². The third kappa shape index (κ3) is 5.39. The zero-order valence-electron chi connectivity index (χ0n) is 17.9. The summed E-state index contributed by atoms with van der Waals surface area (Å²) in [6.45, 7) is 1.90. The van der Waals surface area contributed by atoms with Crippen molar-refractivity contribution in [1.29, 1.82) is 0 Å². The Morgan fingerprint density at radius 2 is 1.73 bits per heavy atom. The highest BCUT2D eigenvalue weighted by atomic mass is 32.1. The Morgan fingerprint density at radius 1 is 1.06 bits per heavy atom. The molecule has 3 aromatic carbocycles. The first kappa shape index (κ1) is 22.1. The van der Waals surface area contributed by atoms with E-state index < -0.39 is 0 Å². The van der Waals surface area contributed by atoms with Crippen LogP contribution in [-0.2, 0) is 4.79 Å². The number of hydrogen-bond acceptors (Lipinski definition) is 5. The highest BCUT2D eigenvalue weighted by Gasteiger charge is 2.10. The molecule has 0 fully saturated rings. The molecule has 1 amide bonds. The van der Waals surface area contributed by atoms with Crippen molar-refractivity contribution in [3.05, 3.63) is 83.7 Å². The molecule has 0 atom stereocenters. The number of methoxy groups -OCH3 is 1. The summed E-state index contributed by atoms with van der Waals surface area (Å²) >= 11 is 5.28. The van der Waals surface area contributed by atoms with E-state index in [1.54, 1.807) is 31.4 Å². The van der Waals surface area contributed by atoms with Crippen LogP contribution in [-0.4, -0.2) is 33.1 Å². The highest BCUT2D eigenvalue weighted by molar-refractivity contribution is 7.80. The third-order valence-electron chi connectivity index (χ3n) is 4.81. The van der Waals surface area contributed by atoms with Gasteiger partial charge in [0.25, 0.3) is 0 Å². The average Bonchev–Trinajstić information content (AvgIpc) is 3.21. The molecule has 0 aliphatic heterocycles. The lowest BCUT2D eigenvalue weighted by atomic mass is 10.2. The number of nitrogens with one attached hydrogen (secondary N) is 2. The molecule has 0 aliphatic carbocycles. The first-order valence-electron chi connectivity index (χ1n) is 9.99. The number of carbonyl (C=O) groups is 1. The number of nitrogens with zero attached hydrogens (tertiary/aromatic N) is 3. The summed E-state index contributed by atoms with van der Waals surface area (Å²) in [5, 5.41) is 14.7. The van der Waals surface area contributed by atoms with E-state index in [9.17, 15) is 9.18 Å². The van der Waals surface area contributed by atoms with E-state index in [-0.39, 0.29) is 16.8 Å². The third-order valence-corrected chi connectivity index (χ3v) is 5.02. The molecule has 0 radical (unpaired) electrons. The number of thiocarbonyl (C=S) groups is 1. The highest BCUT2D eigenvalue weighted by Crippen LogP contribution is 2.22. The number of carbonyl (C=O) groups excluding carboxylic acids is 1. The fourth-order valence-electron chi connectivity index (χ4n) is 3.09. The second-order valence-corrected chi connectivity index (χ2v) is 7.58. The van der Waals surface area contributed by atoms with E-state index in [1.165, 1.54) is 23.0 Å². The molecule has 166 valence electrons. The van der Waals surface area contributed by atoms with Gasteiger partial charge >= 0.3 is 0 Å². The molecule has 0 bridgehead atoms. The van der Waals surface area contributed by atoms with Crippen LogP contribution in [0.25, 0.3) is 22.8 Å². The van der Waals surface area contributed by atoms with Gasteiger partial charge in [0, 0.05) is 11.8 Å². The van der Waals surface area contributed by atoms with Gasteiger partial charge in [-0.1, -0.05) is 12.1 Å². The number of halogens is 1. The molecule has 7 nitrogen and oxygen atoms in total. The Kier molecular flexibility index (Phi) is 6.41. The number of benzene rings is 3. The zero-order valence-corrected chi connectivity index (χ0v) is 18.7. The second-order valence-electron chi connectivity index (χ2n) is 7.17. The lowest BCUT2D eigenvalue weighted by Crippen LogP contribution is -2.33. The van der Waals surface area contributed by atoms with Crippen LogP contribution >= 0.6 is 12.2 Å². The number of aromatic nitrogens is 3. The molecule has 33 heavy (non-hydrogen) atoms. The van der Waals surface area contributed by atoms with E-state index in [0.717, 1.165) is 16.9 Å². The predicted molar refractivity (Wildman–Crippen MR) is 130 cm³/mol. The van der Waals surface area contributed by atoms with E-state index in [0.29, 0.717) is 22.4 Å². The Hall–Kier alpha value is -4.11. The molecule has 0 aliphatic rings. The van der Waals surface area contributed by atoms with E-state index in [4.69, 9.17) is 17.0 Å². The molecule has 2 N–H and O–H groups in total. The second kappa shape index (κ2) is 9.58. The fraction of sp³-hybridized carbons (Fsp3) is 0.0833. The quantitative estimate of drug-likeness (QED) is 0.339. The minimum Gasteiger partial charge on any atom is -0.497 e. The largest absolute Gasteiger partial charge is 0.497 e. The van der Waals surface area contributed by atoms with E-state index in [2.05, 4.69) is 20.8 Å². The summed E-state index contributed by atoms with van der Waals surface area (Å²) in [4.78, 5) is 13.7. The first-order chi connectivity index (χ1) is 15.9. The van der Waals surface area contributed by atoms with Crippen molar-refractivity contribution in [2.75, 3.05) is 12.4 Å². The fourth-order valence-corrected chi connectivity index (χ4v) is 3.30. The maximum absolute atomic E-state index is 13.2. The van der Waals surface area contributed by atoms with Crippen LogP contribution in [0.4, 0.5) is 10.1 Å². The smallest absolute Gasteiger partial charge is 0.250 e. The van der Waals surface area contributed by atoms with Crippen molar-refractivity contribution >= 4 is 46.0 Å². The van der Waals surface area contributed by atoms with Gasteiger partial charge in [-0.05, 0) is 84.9 Å². The Morgan fingerprint density at radius 3 is 2.39 bits per heavy atom. The lowest BCUT2D eigenvalue weighted by Gasteiger charge is -2.10. The minimum atomic E-state index is -0.357. The summed E-state index contributed by atoms with van der Waals surface area (Å²) in [5.41, 5.74) is 4.37. The molecule has 9 heteroatoms. The van der Waals surface area contributed by atoms with Crippen LogP contribution < -0.4 is 15.4 Å². The van der Waals surface area contributed by atoms with Crippen LogP contribution in [0.15, 0.2) is 66.7 Å². The predicted octanol–water partition coefficient (Wildman–Crippen LogP) is 4.40. The number of amides is 1. The van der Waals surface area contributed by atoms with Crippen molar-refractivity contribution in [3.63, 3.8) is 0 Å². The maximum atomic E-state index is 13.2. The van der Waals surface area contributed by atoms with Crippen molar-refractivity contribution in [2.24, 2.45) is 0 Å². The standard InChI is InChI=1S/C24H20FN5O2S/c1-15-13-21-22(29-30(28-21)18-8-6-17(25)7-9-18)14-20(15)26-24(33)27-23(31)12-5-16-3-10-19(32-2)11-4-16/h3-14H,1-2H3,(H2,26,27,31,33)/b12-5+. The zero-order chi connectivity index (χ0) is 23.4. The topological polar surface area (TPSA) is 81.1 Å². The van der Waals surface area contributed by atoms with Crippen molar-refractivity contribution in [1.82, 2.24) is 20.3 Å². The van der Waals surface area contributed by atoms with Crippen LogP contribution in [0.5, 0.6) is 5.75 Å². The minimum absolute atomic E-state index is 0.160. The summed E-state index contributed by atoms with van der Waals surface area (Å²) in [5.74, 6) is 0.0588. The first-order valence-corrected chi connectivity index (χ1v) is 10.4. The Labute approximate surface area is 194 Å². The lowest BCUT2D eigenvalue weighted by molar-refractivity contribution is -0.115. The average molecular weight is 462 g/mol. The van der Waals surface area contributed by atoms with Crippen LogP contribution in [0.2, 0.25) is 0 Å². The number of aryl methyl sites for hydroxylation is 1. The van der Waals surface area contributed by atoms with Gasteiger partial charge in [0.1, 0.15) is 22.6 Å². The van der Waals surface area contributed by atoms with E-state index >= 15 is 0 Å². The molecule has 0 unspecified atom stereocenters. The summed E-state index contributed by atoms with van der Waals surface area (Å²) < 4.78 is 18.3. The van der Waals surface area contributed by atoms with Gasteiger partial charge in [-0.3, -0.25) is 10.1 Å². The summed E-state index contributed by atoms with van der Waals surface area (Å²) in [7, 11) is 1.60. The molecule has 0 saturated heterocycles. The molecule has 4 aromatic rings. The summed E-state index contributed by atoms with van der Waals surface area (Å²) in [6, 6.07) is 16.9. The van der Waals surface area contributed by atoms with Crippen molar-refractivity contribution in [3.8, 4) is 11.4 Å². The molecule has 0 spiro atoms. The van der Waals surface area contributed by atoms with Crippen LogP contribution in [0, 0.1) is 12.7 Å². The molecular weight excluding hydrogens is 441 g/mol. The molecule has 1 heterocycles. The summed E-state index contributed by atoms with van der Waals surface area (Å²) in [6.07, 6.45) is 3.09. The molecule has 0 saturated carbocycles. The van der Waals surface area contributed by atoms with E-state index in [1.807, 2.05) is 37.3 Å². The Balaban J connectivity index is 1.43. The van der Waals surface area contributed by atoms with Crippen molar-refractivity contribution < 1.29 is 13.9 Å². The number of hydrogen-bond donors (Lipinski definition) is 2. The normalized spacial score (nSPS) is 11.0. The number of anilines is 1. The van der Waals surface area contributed by atoms with Gasteiger partial charge in [-0.25, -0.2) is 4.39 Å². The van der Waals surface area contributed by atoms with Gasteiger partial charge < -0.3 is 10.1 Å². The number of ether oxygens (including phenoxy) is 1. The number of fused-ring (bicyclic) bond motifs is 1. The van der Waals surface area contributed by atoms with Crippen LogP contribution in [0.3, 0.4) is 0 Å². The van der Waals surface area contributed by atoms with Gasteiger partial charge in [0.05, 0.1) is 12.8 Å². The molecular formula is C24H20FN5O2S. The van der Waals surface area contributed by atoms with Crippen molar-refractivity contribution in [2.45, 2.75) is 6.92 Å².